The fraction of sp³-hybridized carbons (Fsp3) is 0.231. The predicted molar refractivity (Wildman–Crippen MR) is 71.2 cm³/mol. The monoisotopic (exact) mass is 280 g/mol. The molecule has 1 aromatic heterocycles. The molecule has 0 fully saturated rings. The maximum absolute atomic E-state index is 12.9. The lowest BCUT2D eigenvalue weighted by atomic mass is 10.1. The fourth-order valence-electron chi connectivity index (χ4n) is 1.58. The summed E-state index contributed by atoms with van der Waals surface area (Å²) in [6, 6.07) is 6.06. The van der Waals surface area contributed by atoms with Crippen LogP contribution in [0, 0.1) is 5.82 Å². The van der Waals surface area contributed by atoms with Gasteiger partial charge in [0.25, 0.3) is 0 Å². The van der Waals surface area contributed by atoms with Crippen molar-refractivity contribution >= 4 is 17.4 Å². The van der Waals surface area contributed by atoms with Crippen molar-refractivity contribution in [3.8, 4) is 10.6 Å². The third-order valence-electron chi connectivity index (χ3n) is 2.57. The van der Waals surface area contributed by atoms with Gasteiger partial charge in [0.2, 0.25) is 0 Å². The number of carbonyl (C=O) groups excluding carboxylic acids is 1. The lowest BCUT2D eigenvalue weighted by molar-refractivity contribution is 0.0405. The SMILES string of the molecule is CC(C)(OC(N)=O)c1csc(-c2ccc(F)cc2)n1. The molecule has 1 amide bonds. The fourth-order valence-corrected chi connectivity index (χ4v) is 2.56. The zero-order valence-corrected chi connectivity index (χ0v) is 11.3. The molecule has 0 aliphatic carbocycles. The van der Waals surface area contributed by atoms with E-state index in [9.17, 15) is 9.18 Å². The normalized spacial score (nSPS) is 11.3. The van der Waals surface area contributed by atoms with Crippen LogP contribution in [0.25, 0.3) is 10.6 Å². The number of carbonyl (C=O) groups is 1. The van der Waals surface area contributed by atoms with E-state index in [1.165, 1.54) is 23.5 Å². The number of aromatic nitrogens is 1. The first-order valence-electron chi connectivity index (χ1n) is 5.59. The van der Waals surface area contributed by atoms with E-state index in [-0.39, 0.29) is 5.82 Å². The minimum Gasteiger partial charge on any atom is -0.437 e. The first-order valence-corrected chi connectivity index (χ1v) is 6.47. The van der Waals surface area contributed by atoms with Gasteiger partial charge in [-0.1, -0.05) is 0 Å². The lowest BCUT2D eigenvalue weighted by Crippen LogP contribution is -2.29. The first kappa shape index (κ1) is 13.5. The summed E-state index contributed by atoms with van der Waals surface area (Å²) in [5.41, 5.74) is 5.55. The van der Waals surface area contributed by atoms with E-state index in [1.807, 2.05) is 0 Å². The maximum atomic E-state index is 12.9. The quantitative estimate of drug-likeness (QED) is 0.938. The standard InChI is InChI=1S/C13H13FN2O2S/c1-13(2,18-12(15)17)10-7-19-11(16-10)8-3-5-9(14)6-4-8/h3-7H,1-2H3,(H2,15,17). The van der Waals surface area contributed by atoms with Crippen molar-refractivity contribution in [3.05, 3.63) is 41.2 Å². The molecule has 100 valence electrons. The highest BCUT2D eigenvalue weighted by atomic mass is 32.1. The second-order valence-electron chi connectivity index (χ2n) is 4.48. The molecule has 0 saturated heterocycles. The summed E-state index contributed by atoms with van der Waals surface area (Å²) in [6.45, 7) is 3.42. The topological polar surface area (TPSA) is 65.2 Å². The Kier molecular flexibility index (Phi) is 3.53. The van der Waals surface area contributed by atoms with Crippen LogP contribution in [0.4, 0.5) is 9.18 Å². The van der Waals surface area contributed by atoms with Crippen molar-refractivity contribution < 1.29 is 13.9 Å². The minimum absolute atomic E-state index is 0.294. The van der Waals surface area contributed by atoms with E-state index >= 15 is 0 Å². The van der Waals surface area contributed by atoms with Crippen LogP contribution in [0.1, 0.15) is 19.5 Å². The molecule has 2 N–H and O–H groups in total. The Morgan fingerprint density at radius 2 is 2.00 bits per heavy atom. The number of hydrogen-bond donors (Lipinski definition) is 1. The van der Waals surface area contributed by atoms with E-state index in [1.54, 1.807) is 31.4 Å². The number of amides is 1. The van der Waals surface area contributed by atoms with Crippen molar-refractivity contribution in [1.82, 2.24) is 4.98 Å². The minimum atomic E-state index is -0.888. The average Bonchev–Trinajstić information content (AvgIpc) is 2.78. The third kappa shape index (κ3) is 3.08. The molecule has 0 unspecified atom stereocenters. The van der Waals surface area contributed by atoms with Crippen molar-refractivity contribution in [2.24, 2.45) is 5.73 Å². The Bertz CT molecular complexity index is 593. The van der Waals surface area contributed by atoms with Crippen LogP contribution in [-0.4, -0.2) is 11.1 Å². The average molecular weight is 280 g/mol. The van der Waals surface area contributed by atoms with Gasteiger partial charge in [0.05, 0.1) is 5.69 Å². The summed E-state index contributed by atoms with van der Waals surface area (Å²) in [4.78, 5) is 15.2. The smallest absolute Gasteiger partial charge is 0.405 e. The van der Waals surface area contributed by atoms with Crippen molar-refractivity contribution in [3.63, 3.8) is 0 Å². The van der Waals surface area contributed by atoms with Crippen molar-refractivity contribution in [2.75, 3.05) is 0 Å². The first-order chi connectivity index (χ1) is 8.88. The van der Waals surface area contributed by atoms with Gasteiger partial charge in [-0.15, -0.1) is 11.3 Å². The highest BCUT2D eigenvalue weighted by Gasteiger charge is 2.27. The Hall–Kier alpha value is -1.95. The van der Waals surface area contributed by atoms with E-state index in [0.717, 1.165) is 10.6 Å². The molecule has 0 saturated carbocycles. The number of rotatable bonds is 3. The maximum Gasteiger partial charge on any atom is 0.405 e. The number of nitrogens with zero attached hydrogens (tertiary/aromatic N) is 1. The molecule has 1 aromatic carbocycles. The molecular weight excluding hydrogens is 267 g/mol. The van der Waals surface area contributed by atoms with Gasteiger partial charge in [0, 0.05) is 10.9 Å². The Labute approximate surface area is 114 Å². The second kappa shape index (κ2) is 4.97. The molecule has 0 bridgehead atoms. The van der Waals surface area contributed by atoms with Gasteiger partial charge in [0.1, 0.15) is 10.8 Å². The van der Waals surface area contributed by atoms with Gasteiger partial charge in [0.15, 0.2) is 5.60 Å². The summed E-state index contributed by atoms with van der Waals surface area (Å²) >= 11 is 1.40. The number of ether oxygens (including phenoxy) is 1. The number of nitrogens with two attached hydrogens (primary N) is 1. The summed E-state index contributed by atoms with van der Waals surface area (Å²) < 4.78 is 17.9. The molecule has 0 aliphatic heterocycles. The zero-order valence-electron chi connectivity index (χ0n) is 10.5. The van der Waals surface area contributed by atoms with Crippen molar-refractivity contribution in [1.29, 1.82) is 0 Å². The molecule has 6 heteroatoms. The molecule has 4 nitrogen and oxygen atoms in total. The van der Waals surface area contributed by atoms with Crippen molar-refractivity contribution in [2.45, 2.75) is 19.4 Å². The highest BCUT2D eigenvalue weighted by molar-refractivity contribution is 7.13. The van der Waals surface area contributed by atoms with E-state index in [2.05, 4.69) is 4.98 Å². The van der Waals surface area contributed by atoms with Crippen LogP contribution >= 0.6 is 11.3 Å². The van der Waals surface area contributed by atoms with Gasteiger partial charge in [-0.3, -0.25) is 0 Å². The molecule has 0 aliphatic rings. The molecule has 1 heterocycles. The molecule has 2 rings (SSSR count). The highest BCUT2D eigenvalue weighted by Crippen LogP contribution is 2.30. The van der Waals surface area contributed by atoms with Gasteiger partial charge < -0.3 is 10.5 Å². The molecule has 19 heavy (non-hydrogen) atoms. The molecule has 2 aromatic rings. The van der Waals surface area contributed by atoms with Crippen LogP contribution in [-0.2, 0) is 10.3 Å². The Morgan fingerprint density at radius 3 is 2.58 bits per heavy atom. The van der Waals surface area contributed by atoms with E-state index < -0.39 is 11.7 Å². The van der Waals surface area contributed by atoms with Gasteiger partial charge in [-0.25, -0.2) is 14.2 Å². The summed E-state index contributed by atoms with van der Waals surface area (Å²) in [5, 5.41) is 2.53. The van der Waals surface area contributed by atoms with Gasteiger partial charge in [-0.05, 0) is 38.1 Å². The second-order valence-corrected chi connectivity index (χ2v) is 5.33. The summed E-state index contributed by atoms with van der Waals surface area (Å²) in [6.07, 6.45) is -0.846. The summed E-state index contributed by atoms with van der Waals surface area (Å²) in [7, 11) is 0. The predicted octanol–water partition coefficient (Wildman–Crippen LogP) is 3.28. The molecular formula is C13H13FN2O2S. The van der Waals surface area contributed by atoms with E-state index in [0.29, 0.717) is 5.69 Å². The number of primary amides is 1. The molecule has 0 radical (unpaired) electrons. The van der Waals surface area contributed by atoms with Gasteiger partial charge in [-0.2, -0.15) is 0 Å². The van der Waals surface area contributed by atoms with Crippen LogP contribution < -0.4 is 5.73 Å². The van der Waals surface area contributed by atoms with Crippen LogP contribution in [0.15, 0.2) is 29.6 Å². The molecule has 0 spiro atoms. The summed E-state index contributed by atoms with van der Waals surface area (Å²) in [5.74, 6) is -0.294. The van der Waals surface area contributed by atoms with E-state index in [4.69, 9.17) is 10.5 Å². The lowest BCUT2D eigenvalue weighted by Gasteiger charge is -2.21. The number of benzene rings is 1. The van der Waals surface area contributed by atoms with Crippen LogP contribution in [0.3, 0.4) is 0 Å². The number of hydrogen-bond acceptors (Lipinski definition) is 4. The Balaban J connectivity index is 2.28. The van der Waals surface area contributed by atoms with Crippen LogP contribution in [0.5, 0.6) is 0 Å². The number of thiazole rings is 1. The third-order valence-corrected chi connectivity index (χ3v) is 3.46. The largest absolute Gasteiger partial charge is 0.437 e. The van der Waals surface area contributed by atoms with Crippen LogP contribution in [0.2, 0.25) is 0 Å². The zero-order chi connectivity index (χ0) is 14.0. The molecule has 0 atom stereocenters. The van der Waals surface area contributed by atoms with Gasteiger partial charge >= 0.3 is 6.09 Å². The Morgan fingerprint density at radius 1 is 1.37 bits per heavy atom. The number of halogens is 1.